The Balaban J connectivity index is 1.02. The highest BCUT2D eigenvalue weighted by molar-refractivity contribution is 6.13. The van der Waals surface area contributed by atoms with Gasteiger partial charge in [-0.25, -0.2) is 14.5 Å². The molecule has 11 aromatic rings. The molecule has 3 aromatic heterocycles. The molecule has 0 aliphatic carbocycles. The van der Waals surface area contributed by atoms with Gasteiger partial charge in [0, 0.05) is 38.8 Å². The van der Waals surface area contributed by atoms with Crippen molar-refractivity contribution in [3.63, 3.8) is 0 Å². The number of nitrogens with zero attached hydrogens (tertiary/aromatic N) is 4. The van der Waals surface area contributed by atoms with Crippen LogP contribution < -0.4 is 0 Å². The first-order valence-electron chi connectivity index (χ1n) is 20.6. The summed E-state index contributed by atoms with van der Waals surface area (Å²) in [6.45, 7) is 0. The van der Waals surface area contributed by atoms with Crippen LogP contribution in [0.15, 0.2) is 231 Å². The summed E-state index contributed by atoms with van der Waals surface area (Å²) in [5.41, 5.74) is 17.1. The maximum atomic E-state index is 5.18. The van der Waals surface area contributed by atoms with Crippen LogP contribution in [0, 0.1) is 0 Å². The molecule has 4 nitrogen and oxygen atoms in total. The van der Waals surface area contributed by atoms with Crippen molar-refractivity contribution in [2.75, 3.05) is 0 Å². The number of hydrogen-bond donors (Lipinski definition) is 0. The van der Waals surface area contributed by atoms with Crippen molar-refractivity contribution in [1.82, 2.24) is 19.6 Å². The maximum absolute atomic E-state index is 5.18. The Morgan fingerprint density at radius 2 is 0.770 bits per heavy atom. The molecule has 0 unspecified atom stereocenters. The molecule has 0 atom stereocenters. The standard InChI is InChI=1S/C57H38N4/c1-5-17-39(18-6-1)45-25-15-27-47(35-45)53-37-52(42-21-9-3-10-22-42)59-57(60-53)44-33-31-40(32-34-44)46-26-16-28-48(36-46)54-49-29-13-14-30-50(49)56-51(41-19-7-2-8-20-41)38-58-61(56)55(54)43-23-11-4-12-24-43/h1-38H. The smallest absolute Gasteiger partial charge is 0.160 e. The first kappa shape index (κ1) is 35.9. The van der Waals surface area contributed by atoms with E-state index in [0.29, 0.717) is 5.82 Å². The van der Waals surface area contributed by atoms with Crippen LogP contribution in [0.4, 0.5) is 0 Å². The molecular formula is C57H38N4. The second-order valence-electron chi connectivity index (χ2n) is 15.3. The monoisotopic (exact) mass is 778 g/mol. The second-order valence-corrected chi connectivity index (χ2v) is 15.3. The Bertz CT molecular complexity index is 3320. The van der Waals surface area contributed by atoms with Gasteiger partial charge in [0.2, 0.25) is 0 Å². The zero-order valence-corrected chi connectivity index (χ0v) is 33.2. The third kappa shape index (κ3) is 6.76. The average molecular weight is 779 g/mol. The maximum Gasteiger partial charge on any atom is 0.160 e. The van der Waals surface area contributed by atoms with E-state index in [1.165, 1.54) is 10.9 Å². The zero-order chi connectivity index (χ0) is 40.5. The highest BCUT2D eigenvalue weighted by Crippen LogP contribution is 2.43. The van der Waals surface area contributed by atoms with E-state index in [1.807, 2.05) is 18.3 Å². The topological polar surface area (TPSA) is 43.1 Å². The summed E-state index contributed by atoms with van der Waals surface area (Å²) in [5, 5.41) is 7.44. The number of benzene rings is 8. The summed E-state index contributed by atoms with van der Waals surface area (Å²) in [6.07, 6.45) is 2.01. The lowest BCUT2D eigenvalue weighted by atomic mass is 9.90. The minimum atomic E-state index is 0.683. The Kier molecular flexibility index (Phi) is 9.14. The highest BCUT2D eigenvalue weighted by atomic mass is 15.2. The molecule has 0 fully saturated rings. The Morgan fingerprint density at radius 1 is 0.311 bits per heavy atom. The van der Waals surface area contributed by atoms with Crippen LogP contribution in [-0.4, -0.2) is 19.6 Å². The van der Waals surface area contributed by atoms with Crippen molar-refractivity contribution in [3.05, 3.63) is 231 Å². The van der Waals surface area contributed by atoms with Crippen molar-refractivity contribution < 1.29 is 0 Å². The summed E-state index contributed by atoms with van der Waals surface area (Å²) in [6, 6.07) is 78.9. The van der Waals surface area contributed by atoms with E-state index in [1.54, 1.807) is 0 Å². The zero-order valence-electron chi connectivity index (χ0n) is 33.2. The summed E-state index contributed by atoms with van der Waals surface area (Å²) < 4.78 is 2.15. The molecule has 286 valence electrons. The third-order valence-electron chi connectivity index (χ3n) is 11.5. The molecular weight excluding hydrogens is 741 g/mol. The van der Waals surface area contributed by atoms with Crippen LogP contribution in [0.3, 0.4) is 0 Å². The molecule has 0 aliphatic rings. The van der Waals surface area contributed by atoms with Gasteiger partial charge in [-0.1, -0.05) is 206 Å². The SMILES string of the molecule is c1ccc(-c2cccc(-c3cc(-c4ccccc4)nc(-c4ccc(-c5cccc(-c6c(-c7ccccc7)n7ncc(-c8ccccc8)c7c7ccccc67)c5)cc4)n3)c2)cc1. The van der Waals surface area contributed by atoms with Crippen molar-refractivity contribution >= 4 is 16.3 Å². The van der Waals surface area contributed by atoms with Crippen LogP contribution in [0.2, 0.25) is 0 Å². The fourth-order valence-corrected chi connectivity index (χ4v) is 8.54. The van der Waals surface area contributed by atoms with Crippen molar-refractivity contribution in [3.8, 4) is 89.7 Å². The number of aromatic nitrogens is 4. The van der Waals surface area contributed by atoms with E-state index >= 15 is 0 Å². The average Bonchev–Trinajstić information content (AvgIpc) is 3.80. The summed E-state index contributed by atoms with van der Waals surface area (Å²) in [7, 11) is 0. The predicted molar refractivity (Wildman–Crippen MR) is 252 cm³/mol. The van der Waals surface area contributed by atoms with Crippen LogP contribution in [-0.2, 0) is 0 Å². The van der Waals surface area contributed by atoms with Crippen molar-refractivity contribution in [2.24, 2.45) is 0 Å². The van der Waals surface area contributed by atoms with E-state index in [0.717, 1.165) is 89.2 Å². The normalized spacial score (nSPS) is 11.3. The van der Waals surface area contributed by atoms with E-state index in [9.17, 15) is 0 Å². The largest absolute Gasteiger partial charge is 0.231 e. The van der Waals surface area contributed by atoms with Crippen LogP contribution in [0.5, 0.6) is 0 Å². The predicted octanol–water partition coefficient (Wildman–Crippen LogP) is 14.6. The van der Waals surface area contributed by atoms with E-state index in [-0.39, 0.29) is 0 Å². The summed E-state index contributed by atoms with van der Waals surface area (Å²) >= 11 is 0. The van der Waals surface area contributed by atoms with Gasteiger partial charge in [0.05, 0.1) is 28.8 Å². The number of fused-ring (bicyclic) bond motifs is 3. The van der Waals surface area contributed by atoms with Gasteiger partial charge in [-0.15, -0.1) is 0 Å². The number of rotatable bonds is 8. The quantitative estimate of drug-likeness (QED) is 0.154. The lowest BCUT2D eigenvalue weighted by Gasteiger charge is -2.18. The first-order chi connectivity index (χ1) is 30.2. The lowest BCUT2D eigenvalue weighted by Crippen LogP contribution is -2.00. The molecule has 0 saturated heterocycles. The molecule has 0 radical (unpaired) electrons. The van der Waals surface area contributed by atoms with Gasteiger partial charge < -0.3 is 0 Å². The van der Waals surface area contributed by atoms with Gasteiger partial charge in [0.25, 0.3) is 0 Å². The molecule has 0 spiro atoms. The van der Waals surface area contributed by atoms with E-state index < -0.39 is 0 Å². The van der Waals surface area contributed by atoms with Crippen LogP contribution in [0.1, 0.15) is 0 Å². The molecule has 3 heterocycles. The highest BCUT2D eigenvalue weighted by Gasteiger charge is 2.22. The number of pyridine rings is 1. The minimum absolute atomic E-state index is 0.683. The van der Waals surface area contributed by atoms with Gasteiger partial charge >= 0.3 is 0 Å². The number of hydrogen-bond acceptors (Lipinski definition) is 3. The van der Waals surface area contributed by atoms with Gasteiger partial charge in [-0.2, -0.15) is 5.10 Å². The van der Waals surface area contributed by atoms with Gasteiger partial charge in [-0.05, 0) is 57.0 Å². The van der Waals surface area contributed by atoms with E-state index in [2.05, 4.69) is 217 Å². The fraction of sp³-hybridized carbons (Fsp3) is 0. The molecule has 8 aromatic carbocycles. The molecule has 0 amide bonds. The lowest BCUT2D eigenvalue weighted by molar-refractivity contribution is 0.976. The van der Waals surface area contributed by atoms with Crippen molar-refractivity contribution in [2.45, 2.75) is 0 Å². The molecule has 0 bridgehead atoms. The van der Waals surface area contributed by atoms with Crippen LogP contribution >= 0.6 is 0 Å². The second kappa shape index (κ2) is 15.5. The Labute approximate surface area is 354 Å². The van der Waals surface area contributed by atoms with E-state index in [4.69, 9.17) is 15.1 Å². The first-order valence-corrected chi connectivity index (χ1v) is 20.6. The van der Waals surface area contributed by atoms with Crippen molar-refractivity contribution in [1.29, 1.82) is 0 Å². The molecule has 0 N–H and O–H groups in total. The fourth-order valence-electron chi connectivity index (χ4n) is 8.54. The summed E-state index contributed by atoms with van der Waals surface area (Å²) in [5.74, 6) is 0.683. The molecule has 0 saturated carbocycles. The molecule has 11 rings (SSSR count). The molecule has 0 aliphatic heterocycles. The van der Waals surface area contributed by atoms with Gasteiger partial charge in [-0.3, -0.25) is 0 Å². The molecule has 61 heavy (non-hydrogen) atoms. The molecule has 4 heteroatoms. The Morgan fingerprint density at radius 3 is 1.43 bits per heavy atom. The third-order valence-corrected chi connectivity index (χ3v) is 11.5. The van der Waals surface area contributed by atoms with Gasteiger partial charge in [0.15, 0.2) is 5.82 Å². The summed E-state index contributed by atoms with van der Waals surface area (Å²) in [4.78, 5) is 10.3. The Hall–Kier alpha value is -8.21. The van der Waals surface area contributed by atoms with Crippen LogP contribution in [0.25, 0.3) is 106 Å². The minimum Gasteiger partial charge on any atom is -0.231 e. The van der Waals surface area contributed by atoms with Gasteiger partial charge in [0.1, 0.15) is 0 Å².